The number of H-pyrrole nitrogens is 1. The number of amides is 2. The number of nitrogens with one attached hydrogen (secondary N) is 2. The van der Waals surface area contributed by atoms with Crippen LogP contribution >= 0.6 is 0 Å². The van der Waals surface area contributed by atoms with Crippen LogP contribution in [0.15, 0.2) is 53.6 Å². The lowest BCUT2D eigenvalue weighted by Crippen LogP contribution is -2.43. The minimum absolute atomic E-state index is 0.207. The van der Waals surface area contributed by atoms with Crippen LogP contribution in [0, 0.1) is 11.7 Å². The Kier molecular flexibility index (Phi) is 5.07. The normalized spacial score (nSPS) is 16.6. The first-order valence-corrected chi connectivity index (χ1v) is 9.34. The van der Waals surface area contributed by atoms with E-state index in [9.17, 15) is 18.8 Å². The van der Waals surface area contributed by atoms with E-state index in [1.54, 1.807) is 23.1 Å². The summed E-state index contributed by atoms with van der Waals surface area (Å²) < 4.78 is 13.1. The highest BCUT2D eigenvalue weighted by Crippen LogP contribution is 2.21. The maximum atomic E-state index is 13.1. The first kappa shape index (κ1) is 18.8. The van der Waals surface area contributed by atoms with Crippen molar-refractivity contribution in [1.82, 2.24) is 14.9 Å². The number of fused-ring (bicyclic) bond motifs is 1. The highest BCUT2D eigenvalue weighted by molar-refractivity contribution is 5.97. The van der Waals surface area contributed by atoms with E-state index in [2.05, 4.69) is 15.3 Å². The van der Waals surface area contributed by atoms with Gasteiger partial charge in [0.25, 0.3) is 11.5 Å². The van der Waals surface area contributed by atoms with Crippen molar-refractivity contribution in [2.45, 2.75) is 12.8 Å². The van der Waals surface area contributed by atoms with Crippen molar-refractivity contribution >= 4 is 28.4 Å². The third-order valence-electron chi connectivity index (χ3n) is 5.08. The molecule has 1 aliphatic heterocycles. The Morgan fingerprint density at radius 1 is 1.17 bits per heavy atom. The van der Waals surface area contributed by atoms with Crippen LogP contribution in [0.2, 0.25) is 0 Å². The molecule has 0 saturated carbocycles. The minimum atomic E-state index is -0.401. The molecule has 148 valence electrons. The molecular weight excluding hydrogens is 375 g/mol. The summed E-state index contributed by atoms with van der Waals surface area (Å²) in [4.78, 5) is 45.5. The third kappa shape index (κ3) is 4.01. The van der Waals surface area contributed by atoms with E-state index in [-0.39, 0.29) is 29.8 Å². The maximum absolute atomic E-state index is 13.1. The lowest BCUT2D eigenvalue weighted by molar-refractivity contribution is -0.121. The van der Waals surface area contributed by atoms with Crippen molar-refractivity contribution in [2.75, 3.05) is 18.4 Å². The van der Waals surface area contributed by atoms with Gasteiger partial charge in [0.1, 0.15) is 5.82 Å². The molecule has 1 aliphatic rings. The van der Waals surface area contributed by atoms with Crippen LogP contribution in [0.4, 0.5) is 10.1 Å². The molecule has 0 radical (unpaired) electrons. The highest BCUT2D eigenvalue weighted by atomic mass is 19.1. The Hall–Kier alpha value is -3.55. The van der Waals surface area contributed by atoms with Crippen LogP contribution in [0.1, 0.15) is 23.2 Å². The number of carbonyl (C=O) groups excluding carboxylic acids is 2. The zero-order chi connectivity index (χ0) is 20.4. The number of likely N-dealkylation sites (tertiary alicyclic amines) is 1. The van der Waals surface area contributed by atoms with E-state index in [0.29, 0.717) is 41.5 Å². The molecule has 2 N–H and O–H groups in total. The maximum Gasteiger partial charge on any atom is 0.258 e. The standard InChI is InChI=1S/C21H19FN4O3/c22-15-5-3-13(4-6-15)21(29)26-9-1-2-14(11-26)19(27)25-16-7-8-18-17(10-16)20(28)24-12-23-18/h3-8,10,12,14H,1-2,9,11H2,(H,25,27)(H,23,24,28). The van der Waals surface area contributed by atoms with Gasteiger partial charge in [-0.3, -0.25) is 14.4 Å². The zero-order valence-electron chi connectivity index (χ0n) is 15.5. The molecule has 7 nitrogen and oxygen atoms in total. The number of hydrogen-bond donors (Lipinski definition) is 2. The molecule has 1 unspecified atom stereocenters. The van der Waals surface area contributed by atoms with Gasteiger partial charge in [0.15, 0.2) is 0 Å². The summed E-state index contributed by atoms with van der Waals surface area (Å²) in [7, 11) is 0. The van der Waals surface area contributed by atoms with Crippen LogP contribution in [0.25, 0.3) is 10.9 Å². The number of aromatic nitrogens is 2. The highest BCUT2D eigenvalue weighted by Gasteiger charge is 2.29. The minimum Gasteiger partial charge on any atom is -0.338 e. The summed E-state index contributed by atoms with van der Waals surface area (Å²) >= 11 is 0. The fourth-order valence-electron chi connectivity index (χ4n) is 3.54. The van der Waals surface area contributed by atoms with Gasteiger partial charge in [-0.2, -0.15) is 0 Å². The Morgan fingerprint density at radius 2 is 1.97 bits per heavy atom. The van der Waals surface area contributed by atoms with Gasteiger partial charge < -0.3 is 15.2 Å². The van der Waals surface area contributed by atoms with Crippen molar-refractivity contribution in [1.29, 1.82) is 0 Å². The van der Waals surface area contributed by atoms with Crippen LogP contribution in [0.3, 0.4) is 0 Å². The van der Waals surface area contributed by atoms with Gasteiger partial charge in [-0.1, -0.05) is 0 Å². The Bertz CT molecular complexity index is 1130. The lowest BCUT2D eigenvalue weighted by atomic mass is 9.96. The molecular formula is C21H19FN4O3. The van der Waals surface area contributed by atoms with E-state index in [1.807, 2.05) is 0 Å². The smallest absolute Gasteiger partial charge is 0.258 e. The number of benzene rings is 2. The van der Waals surface area contributed by atoms with Crippen LogP contribution in [-0.4, -0.2) is 39.8 Å². The molecule has 0 bridgehead atoms. The number of piperidine rings is 1. The predicted molar refractivity (Wildman–Crippen MR) is 106 cm³/mol. The van der Waals surface area contributed by atoms with Crippen molar-refractivity contribution in [3.63, 3.8) is 0 Å². The fourth-order valence-corrected chi connectivity index (χ4v) is 3.54. The molecule has 4 rings (SSSR count). The number of hydrogen-bond acceptors (Lipinski definition) is 4. The number of rotatable bonds is 3. The molecule has 2 heterocycles. The number of carbonyl (C=O) groups is 2. The molecule has 3 aromatic rings. The van der Waals surface area contributed by atoms with Gasteiger partial charge in [0.05, 0.1) is 23.1 Å². The molecule has 1 fully saturated rings. The number of nitrogens with zero attached hydrogens (tertiary/aromatic N) is 2. The zero-order valence-corrected chi connectivity index (χ0v) is 15.5. The molecule has 2 amide bonds. The topological polar surface area (TPSA) is 95.2 Å². The SMILES string of the molecule is O=C(Nc1ccc2nc[nH]c(=O)c2c1)C1CCCN(C(=O)c2ccc(F)cc2)C1. The molecule has 29 heavy (non-hydrogen) atoms. The Morgan fingerprint density at radius 3 is 2.76 bits per heavy atom. The van der Waals surface area contributed by atoms with Crippen LogP contribution < -0.4 is 10.9 Å². The first-order chi connectivity index (χ1) is 14.0. The summed E-state index contributed by atoms with van der Waals surface area (Å²) in [5, 5.41) is 3.22. The van der Waals surface area contributed by atoms with Crippen molar-refractivity contribution in [3.8, 4) is 0 Å². The summed E-state index contributed by atoms with van der Waals surface area (Å²) in [5.41, 5.74) is 1.16. The van der Waals surface area contributed by atoms with E-state index < -0.39 is 5.82 Å². The second-order valence-corrected chi connectivity index (χ2v) is 7.05. The van der Waals surface area contributed by atoms with E-state index >= 15 is 0 Å². The Labute approximate surface area is 165 Å². The van der Waals surface area contributed by atoms with Crippen LogP contribution in [0.5, 0.6) is 0 Å². The molecule has 1 aromatic heterocycles. The summed E-state index contributed by atoms with van der Waals surface area (Å²) in [5.74, 6) is -1.19. The van der Waals surface area contributed by atoms with Gasteiger partial charge in [-0.15, -0.1) is 0 Å². The van der Waals surface area contributed by atoms with Crippen molar-refractivity contribution in [2.24, 2.45) is 5.92 Å². The quantitative estimate of drug-likeness (QED) is 0.714. The first-order valence-electron chi connectivity index (χ1n) is 9.34. The molecule has 8 heteroatoms. The predicted octanol–water partition coefficient (Wildman–Crippen LogP) is 2.55. The van der Waals surface area contributed by atoms with Crippen molar-refractivity contribution in [3.05, 3.63) is 70.5 Å². The van der Waals surface area contributed by atoms with E-state index in [4.69, 9.17) is 0 Å². The van der Waals surface area contributed by atoms with Gasteiger partial charge in [-0.25, -0.2) is 9.37 Å². The molecule has 1 saturated heterocycles. The van der Waals surface area contributed by atoms with Gasteiger partial charge in [0, 0.05) is 24.3 Å². The van der Waals surface area contributed by atoms with Gasteiger partial charge in [0.2, 0.25) is 5.91 Å². The molecule has 2 aromatic carbocycles. The van der Waals surface area contributed by atoms with Gasteiger partial charge in [-0.05, 0) is 55.3 Å². The third-order valence-corrected chi connectivity index (χ3v) is 5.08. The second-order valence-electron chi connectivity index (χ2n) is 7.05. The average Bonchev–Trinajstić information content (AvgIpc) is 2.74. The van der Waals surface area contributed by atoms with Crippen molar-refractivity contribution < 1.29 is 14.0 Å². The van der Waals surface area contributed by atoms with E-state index in [0.717, 1.165) is 0 Å². The average molecular weight is 394 g/mol. The van der Waals surface area contributed by atoms with Gasteiger partial charge >= 0.3 is 0 Å². The Balaban J connectivity index is 1.46. The number of aromatic amines is 1. The molecule has 0 aliphatic carbocycles. The largest absolute Gasteiger partial charge is 0.338 e. The summed E-state index contributed by atoms with van der Waals surface area (Å²) in [6, 6.07) is 10.3. The van der Waals surface area contributed by atoms with Crippen LogP contribution in [-0.2, 0) is 4.79 Å². The summed E-state index contributed by atoms with van der Waals surface area (Å²) in [6.45, 7) is 0.842. The number of anilines is 1. The number of halogens is 1. The fraction of sp³-hybridized carbons (Fsp3) is 0.238. The molecule has 1 atom stereocenters. The van der Waals surface area contributed by atoms with E-state index in [1.165, 1.54) is 30.6 Å². The molecule has 0 spiro atoms. The lowest BCUT2D eigenvalue weighted by Gasteiger charge is -2.32. The summed E-state index contributed by atoms with van der Waals surface area (Å²) in [6.07, 6.45) is 2.69. The second kappa shape index (κ2) is 7.83. The monoisotopic (exact) mass is 394 g/mol.